The summed E-state index contributed by atoms with van der Waals surface area (Å²) >= 11 is 0. The van der Waals surface area contributed by atoms with Gasteiger partial charge < -0.3 is 0 Å². The van der Waals surface area contributed by atoms with Crippen molar-refractivity contribution in [2.24, 2.45) is 0 Å². The Labute approximate surface area is 142 Å². The van der Waals surface area contributed by atoms with Crippen molar-refractivity contribution < 1.29 is 13.2 Å². The lowest BCUT2D eigenvalue weighted by molar-refractivity contribution is -0.137. The highest BCUT2D eigenvalue weighted by molar-refractivity contribution is 5.36. The fourth-order valence-corrected chi connectivity index (χ4v) is 2.92. The number of hydrogen-bond acceptors (Lipinski definition) is 0. The van der Waals surface area contributed by atoms with E-state index in [-0.39, 0.29) is 0 Å². The van der Waals surface area contributed by atoms with Crippen LogP contribution in [0.3, 0.4) is 0 Å². The first-order valence-electron chi connectivity index (χ1n) is 8.47. The highest BCUT2D eigenvalue weighted by Gasteiger charge is 2.30. The standard InChI is InChI=1S/C21H25F3/c1-14(2)18-11-10-17(20(13-18)15(3)4)9-8-16-6-5-7-19(12-16)21(22,23)24/h5-7,10-15H,8-9H2,1-4H3. The molecule has 24 heavy (non-hydrogen) atoms. The molecular formula is C21H25F3. The molecule has 0 fully saturated rings. The lowest BCUT2D eigenvalue weighted by Gasteiger charge is -2.17. The van der Waals surface area contributed by atoms with Crippen molar-refractivity contribution in [1.29, 1.82) is 0 Å². The van der Waals surface area contributed by atoms with E-state index in [1.165, 1.54) is 28.8 Å². The average Bonchev–Trinajstić information content (AvgIpc) is 2.52. The van der Waals surface area contributed by atoms with Crippen LogP contribution in [0.4, 0.5) is 13.2 Å². The molecule has 0 nitrogen and oxygen atoms in total. The van der Waals surface area contributed by atoms with E-state index in [2.05, 4.69) is 45.9 Å². The molecule has 0 spiro atoms. The van der Waals surface area contributed by atoms with Crippen LogP contribution >= 0.6 is 0 Å². The van der Waals surface area contributed by atoms with Gasteiger partial charge in [-0.3, -0.25) is 0 Å². The Kier molecular flexibility index (Phi) is 5.74. The van der Waals surface area contributed by atoms with Crippen molar-refractivity contribution in [3.8, 4) is 0 Å². The van der Waals surface area contributed by atoms with Crippen LogP contribution in [0.5, 0.6) is 0 Å². The molecule has 0 radical (unpaired) electrons. The first kappa shape index (κ1) is 18.6. The van der Waals surface area contributed by atoms with Gasteiger partial charge in [0.2, 0.25) is 0 Å². The molecule has 0 unspecified atom stereocenters. The molecule has 0 aliphatic carbocycles. The Hall–Kier alpha value is -1.77. The fraction of sp³-hybridized carbons (Fsp3) is 0.429. The molecule has 0 heterocycles. The molecule has 3 heteroatoms. The van der Waals surface area contributed by atoms with E-state index in [1.807, 2.05) is 0 Å². The molecule has 0 N–H and O–H groups in total. The summed E-state index contributed by atoms with van der Waals surface area (Å²) in [6.45, 7) is 8.66. The molecule has 0 aliphatic heterocycles. The van der Waals surface area contributed by atoms with Crippen LogP contribution in [0.1, 0.15) is 67.3 Å². The highest BCUT2D eigenvalue weighted by Crippen LogP contribution is 2.30. The second kappa shape index (κ2) is 7.42. The van der Waals surface area contributed by atoms with Gasteiger partial charge in [-0.15, -0.1) is 0 Å². The van der Waals surface area contributed by atoms with Crippen LogP contribution < -0.4 is 0 Å². The minimum Gasteiger partial charge on any atom is -0.166 e. The molecule has 2 rings (SSSR count). The maximum absolute atomic E-state index is 12.8. The quantitative estimate of drug-likeness (QED) is 0.568. The largest absolute Gasteiger partial charge is 0.416 e. The Balaban J connectivity index is 2.20. The second-order valence-electron chi connectivity index (χ2n) is 6.97. The third kappa shape index (κ3) is 4.62. The molecule has 0 saturated carbocycles. The van der Waals surface area contributed by atoms with Gasteiger partial charge in [-0.05, 0) is 53.0 Å². The Morgan fingerprint density at radius 3 is 2.12 bits per heavy atom. The van der Waals surface area contributed by atoms with Crippen molar-refractivity contribution >= 4 is 0 Å². The zero-order valence-corrected chi connectivity index (χ0v) is 14.7. The molecule has 0 atom stereocenters. The van der Waals surface area contributed by atoms with Crippen molar-refractivity contribution in [2.75, 3.05) is 0 Å². The minimum atomic E-state index is -4.28. The van der Waals surface area contributed by atoms with E-state index in [9.17, 15) is 13.2 Å². The van der Waals surface area contributed by atoms with Crippen LogP contribution in [0.15, 0.2) is 42.5 Å². The predicted octanol–water partition coefficient (Wildman–Crippen LogP) is 6.74. The summed E-state index contributed by atoms with van der Waals surface area (Å²) in [5, 5.41) is 0. The fourth-order valence-electron chi connectivity index (χ4n) is 2.92. The van der Waals surface area contributed by atoms with Crippen LogP contribution in [-0.2, 0) is 19.0 Å². The van der Waals surface area contributed by atoms with Gasteiger partial charge in [0.05, 0.1) is 5.56 Å². The molecule has 0 saturated heterocycles. The van der Waals surface area contributed by atoms with Crippen molar-refractivity contribution in [1.82, 2.24) is 0 Å². The first-order chi connectivity index (χ1) is 11.2. The molecule has 0 amide bonds. The summed E-state index contributed by atoms with van der Waals surface area (Å²) < 4.78 is 38.5. The van der Waals surface area contributed by atoms with Gasteiger partial charge in [-0.1, -0.05) is 64.1 Å². The lowest BCUT2D eigenvalue weighted by atomic mass is 9.89. The summed E-state index contributed by atoms with van der Waals surface area (Å²) in [5.41, 5.74) is 3.99. The third-order valence-corrected chi connectivity index (χ3v) is 4.40. The number of benzene rings is 2. The molecule has 0 bridgehead atoms. The van der Waals surface area contributed by atoms with Gasteiger partial charge in [-0.2, -0.15) is 13.2 Å². The van der Waals surface area contributed by atoms with E-state index in [1.54, 1.807) is 6.07 Å². The third-order valence-electron chi connectivity index (χ3n) is 4.40. The van der Waals surface area contributed by atoms with Crippen LogP contribution in [0.25, 0.3) is 0 Å². The number of rotatable bonds is 5. The van der Waals surface area contributed by atoms with Crippen LogP contribution in [0.2, 0.25) is 0 Å². The van der Waals surface area contributed by atoms with Gasteiger partial charge in [0.1, 0.15) is 0 Å². The Bertz CT molecular complexity index is 682. The predicted molar refractivity (Wildman–Crippen MR) is 93.5 cm³/mol. The molecule has 130 valence electrons. The SMILES string of the molecule is CC(C)c1ccc(CCc2cccc(C(F)(F)F)c2)c(C(C)C)c1. The van der Waals surface area contributed by atoms with Crippen molar-refractivity contribution in [2.45, 2.75) is 58.5 Å². The molecule has 0 aliphatic rings. The monoisotopic (exact) mass is 334 g/mol. The molecule has 2 aromatic rings. The smallest absolute Gasteiger partial charge is 0.166 e. The first-order valence-corrected chi connectivity index (χ1v) is 8.47. The summed E-state index contributed by atoms with van der Waals surface area (Å²) in [4.78, 5) is 0. The zero-order chi connectivity index (χ0) is 17.9. The lowest BCUT2D eigenvalue weighted by Crippen LogP contribution is -2.06. The van der Waals surface area contributed by atoms with E-state index in [0.717, 1.165) is 18.1 Å². The normalized spacial score (nSPS) is 12.2. The summed E-state index contributed by atoms with van der Waals surface area (Å²) in [6, 6.07) is 12.2. The van der Waals surface area contributed by atoms with E-state index in [0.29, 0.717) is 18.3 Å². The maximum Gasteiger partial charge on any atom is 0.416 e. The highest BCUT2D eigenvalue weighted by atomic mass is 19.4. The molecule has 0 aromatic heterocycles. The number of aryl methyl sites for hydroxylation is 2. The number of halogens is 3. The van der Waals surface area contributed by atoms with Gasteiger partial charge >= 0.3 is 6.18 Å². The number of alkyl halides is 3. The Morgan fingerprint density at radius 2 is 1.54 bits per heavy atom. The second-order valence-corrected chi connectivity index (χ2v) is 6.97. The summed E-state index contributed by atoms with van der Waals surface area (Å²) in [7, 11) is 0. The van der Waals surface area contributed by atoms with E-state index < -0.39 is 11.7 Å². The summed E-state index contributed by atoms with van der Waals surface area (Å²) in [5.74, 6) is 0.875. The van der Waals surface area contributed by atoms with Crippen LogP contribution in [-0.4, -0.2) is 0 Å². The van der Waals surface area contributed by atoms with Gasteiger partial charge in [0.15, 0.2) is 0 Å². The summed E-state index contributed by atoms with van der Waals surface area (Å²) in [6.07, 6.45) is -2.91. The van der Waals surface area contributed by atoms with Gasteiger partial charge in [0, 0.05) is 0 Å². The molecular weight excluding hydrogens is 309 g/mol. The zero-order valence-electron chi connectivity index (χ0n) is 14.7. The minimum absolute atomic E-state index is 0.403. The topological polar surface area (TPSA) is 0 Å². The average molecular weight is 334 g/mol. The van der Waals surface area contributed by atoms with Gasteiger partial charge in [0.25, 0.3) is 0 Å². The van der Waals surface area contributed by atoms with Crippen molar-refractivity contribution in [3.05, 3.63) is 70.3 Å². The Morgan fingerprint density at radius 1 is 0.833 bits per heavy atom. The number of hydrogen-bond donors (Lipinski definition) is 0. The molecule has 2 aromatic carbocycles. The van der Waals surface area contributed by atoms with Crippen molar-refractivity contribution in [3.63, 3.8) is 0 Å². The van der Waals surface area contributed by atoms with E-state index >= 15 is 0 Å². The van der Waals surface area contributed by atoms with E-state index in [4.69, 9.17) is 0 Å². The maximum atomic E-state index is 12.8. The van der Waals surface area contributed by atoms with Crippen LogP contribution in [0, 0.1) is 0 Å². The van der Waals surface area contributed by atoms with Gasteiger partial charge in [-0.25, -0.2) is 0 Å².